The molecule has 3 rings (SSSR count). The summed E-state index contributed by atoms with van der Waals surface area (Å²) in [5.41, 5.74) is 2.07. The van der Waals surface area contributed by atoms with Crippen molar-refractivity contribution in [3.05, 3.63) is 63.2 Å². The van der Waals surface area contributed by atoms with Gasteiger partial charge in [0.1, 0.15) is 16.1 Å². The van der Waals surface area contributed by atoms with E-state index >= 15 is 0 Å². The molecule has 0 spiro atoms. The van der Waals surface area contributed by atoms with E-state index in [9.17, 15) is 4.79 Å². The minimum atomic E-state index is -0.213. The van der Waals surface area contributed by atoms with Gasteiger partial charge in [0.2, 0.25) is 0 Å². The predicted molar refractivity (Wildman–Crippen MR) is 80.4 cm³/mol. The molecule has 0 radical (unpaired) electrons. The Kier molecular flexibility index (Phi) is 3.28. The number of nitrogens with zero attached hydrogens (tertiary/aromatic N) is 1. The van der Waals surface area contributed by atoms with E-state index in [0.717, 1.165) is 16.9 Å². The van der Waals surface area contributed by atoms with Crippen molar-refractivity contribution in [2.75, 3.05) is 0 Å². The first-order valence-corrected chi connectivity index (χ1v) is 6.86. The summed E-state index contributed by atoms with van der Waals surface area (Å²) in [7, 11) is 0. The first-order chi connectivity index (χ1) is 9.66. The average molecular weight is 331 g/mol. The zero-order valence-electron chi connectivity index (χ0n) is 10.7. The highest BCUT2D eigenvalue weighted by molar-refractivity contribution is 9.10. The van der Waals surface area contributed by atoms with Crippen LogP contribution in [0.3, 0.4) is 0 Å². The number of H-pyrrole nitrogens is 1. The number of aromatic nitrogens is 2. The van der Waals surface area contributed by atoms with E-state index in [-0.39, 0.29) is 5.56 Å². The molecule has 0 bridgehead atoms. The summed E-state index contributed by atoms with van der Waals surface area (Å²) in [6.45, 7) is 1.83. The summed E-state index contributed by atoms with van der Waals surface area (Å²) in [5, 5.41) is 0. The van der Waals surface area contributed by atoms with Crippen LogP contribution in [0.1, 0.15) is 5.76 Å². The maximum absolute atomic E-state index is 12.1. The molecule has 0 saturated heterocycles. The smallest absolute Gasteiger partial charge is 0.266 e. The fraction of sp³-hybridized carbons (Fsp3) is 0.0667. The monoisotopic (exact) mass is 330 g/mol. The van der Waals surface area contributed by atoms with Crippen LogP contribution in [0.4, 0.5) is 0 Å². The molecule has 0 aliphatic carbocycles. The molecular weight excluding hydrogens is 320 g/mol. The Morgan fingerprint density at radius 3 is 2.60 bits per heavy atom. The number of aryl methyl sites for hydroxylation is 1. The Bertz CT molecular complexity index is 806. The number of hydrogen-bond donors (Lipinski definition) is 1. The molecule has 0 unspecified atom stereocenters. The van der Waals surface area contributed by atoms with Gasteiger partial charge in [0.05, 0.1) is 17.5 Å². The van der Waals surface area contributed by atoms with Crippen molar-refractivity contribution in [3.8, 4) is 22.6 Å². The van der Waals surface area contributed by atoms with Gasteiger partial charge in [-0.1, -0.05) is 30.3 Å². The topological polar surface area (TPSA) is 58.9 Å². The van der Waals surface area contributed by atoms with Gasteiger partial charge in [-0.15, -0.1) is 0 Å². The van der Waals surface area contributed by atoms with E-state index < -0.39 is 0 Å². The largest absolute Gasteiger partial charge is 0.469 e. The van der Waals surface area contributed by atoms with Crippen molar-refractivity contribution in [2.45, 2.75) is 6.92 Å². The minimum absolute atomic E-state index is 0.213. The second-order valence-corrected chi connectivity index (χ2v) is 5.13. The Labute approximate surface area is 123 Å². The van der Waals surface area contributed by atoms with Crippen LogP contribution in [0.15, 0.2) is 56.3 Å². The van der Waals surface area contributed by atoms with Crippen LogP contribution >= 0.6 is 15.9 Å². The standard InChI is InChI=1S/C15H11BrN2O2/c1-9-11(7-8-20-9)14-17-13(12(16)15(19)18-14)10-5-3-2-4-6-10/h2-8H,1H3,(H,17,18,19). The zero-order valence-corrected chi connectivity index (χ0v) is 12.3. The van der Waals surface area contributed by atoms with E-state index in [2.05, 4.69) is 25.9 Å². The number of nitrogens with one attached hydrogen (secondary N) is 1. The van der Waals surface area contributed by atoms with Gasteiger partial charge in [-0.3, -0.25) is 4.79 Å². The van der Waals surface area contributed by atoms with E-state index in [4.69, 9.17) is 4.42 Å². The van der Waals surface area contributed by atoms with Crippen molar-refractivity contribution in [3.63, 3.8) is 0 Å². The molecule has 0 saturated carbocycles. The van der Waals surface area contributed by atoms with Crippen LogP contribution in [0.5, 0.6) is 0 Å². The maximum Gasteiger partial charge on any atom is 0.266 e. The molecule has 0 atom stereocenters. The molecule has 2 aromatic heterocycles. The van der Waals surface area contributed by atoms with E-state index in [1.165, 1.54) is 0 Å². The van der Waals surface area contributed by atoms with Crippen molar-refractivity contribution < 1.29 is 4.42 Å². The first-order valence-electron chi connectivity index (χ1n) is 6.06. The van der Waals surface area contributed by atoms with Crippen molar-refractivity contribution >= 4 is 15.9 Å². The molecule has 2 heterocycles. The molecule has 1 N–H and O–H groups in total. The van der Waals surface area contributed by atoms with Gasteiger partial charge in [0.15, 0.2) is 0 Å². The van der Waals surface area contributed by atoms with Crippen molar-refractivity contribution in [2.24, 2.45) is 0 Å². The van der Waals surface area contributed by atoms with Crippen LogP contribution in [0.25, 0.3) is 22.6 Å². The number of furan rings is 1. The number of benzene rings is 1. The lowest BCUT2D eigenvalue weighted by atomic mass is 10.1. The quantitative estimate of drug-likeness (QED) is 0.778. The third-order valence-electron chi connectivity index (χ3n) is 3.02. The van der Waals surface area contributed by atoms with Crippen molar-refractivity contribution in [1.29, 1.82) is 0 Å². The lowest BCUT2D eigenvalue weighted by molar-refractivity contribution is 0.535. The van der Waals surface area contributed by atoms with Gasteiger partial charge in [-0.25, -0.2) is 4.98 Å². The fourth-order valence-electron chi connectivity index (χ4n) is 2.00. The SMILES string of the molecule is Cc1occc1-c1nc(-c2ccccc2)c(Br)c(=O)[nH]1. The van der Waals surface area contributed by atoms with Gasteiger partial charge in [-0.2, -0.15) is 0 Å². The minimum Gasteiger partial charge on any atom is -0.469 e. The maximum atomic E-state index is 12.1. The third kappa shape index (κ3) is 2.20. The zero-order chi connectivity index (χ0) is 14.1. The summed E-state index contributed by atoms with van der Waals surface area (Å²) in [5.74, 6) is 1.22. The van der Waals surface area contributed by atoms with Gasteiger partial charge < -0.3 is 9.40 Å². The molecule has 0 fully saturated rings. The first kappa shape index (κ1) is 12.9. The lowest BCUT2D eigenvalue weighted by Crippen LogP contribution is -2.11. The molecular formula is C15H11BrN2O2. The van der Waals surface area contributed by atoms with Crippen LogP contribution in [-0.2, 0) is 0 Å². The highest BCUT2D eigenvalue weighted by Gasteiger charge is 2.14. The number of hydrogen-bond acceptors (Lipinski definition) is 3. The van der Waals surface area contributed by atoms with Crippen molar-refractivity contribution in [1.82, 2.24) is 9.97 Å². The van der Waals surface area contributed by atoms with Gasteiger partial charge in [0, 0.05) is 5.56 Å². The molecule has 5 heteroatoms. The number of aromatic amines is 1. The highest BCUT2D eigenvalue weighted by Crippen LogP contribution is 2.27. The molecule has 3 aromatic rings. The summed E-state index contributed by atoms with van der Waals surface area (Å²) >= 11 is 3.30. The molecule has 1 aromatic carbocycles. The molecule has 20 heavy (non-hydrogen) atoms. The van der Waals surface area contributed by atoms with Crippen LogP contribution in [0.2, 0.25) is 0 Å². The Morgan fingerprint density at radius 1 is 1.20 bits per heavy atom. The number of rotatable bonds is 2. The summed E-state index contributed by atoms with van der Waals surface area (Å²) in [6, 6.07) is 11.4. The molecule has 0 aliphatic rings. The summed E-state index contributed by atoms with van der Waals surface area (Å²) < 4.78 is 5.69. The van der Waals surface area contributed by atoms with E-state index in [1.54, 1.807) is 12.3 Å². The Hall–Kier alpha value is -2.14. The molecule has 100 valence electrons. The Morgan fingerprint density at radius 2 is 1.95 bits per heavy atom. The van der Waals surface area contributed by atoms with Crippen LogP contribution in [-0.4, -0.2) is 9.97 Å². The molecule has 0 amide bonds. The highest BCUT2D eigenvalue weighted by atomic mass is 79.9. The number of halogens is 1. The van der Waals surface area contributed by atoms with Crippen LogP contribution < -0.4 is 5.56 Å². The third-order valence-corrected chi connectivity index (χ3v) is 3.76. The second kappa shape index (κ2) is 5.09. The average Bonchev–Trinajstić information content (AvgIpc) is 2.89. The van der Waals surface area contributed by atoms with E-state index in [1.807, 2.05) is 37.3 Å². The summed E-state index contributed by atoms with van der Waals surface area (Å²) in [6.07, 6.45) is 1.58. The predicted octanol–water partition coefficient (Wildman–Crippen LogP) is 3.77. The second-order valence-electron chi connectivity index (χ2n) is 4.33. The normalized spacial score (nSPS) is 10.7. The lowest BCUT2D eigenvalue weighted by Gasteiger charge is -2.06. The fourth-order valence-corrected chi connectivity index (χ4v) is 2.42. The molecule has 4 nitrogen and oxygen atoms in total. The van der Waals surface area contributed by atoms with Gasteiger partial charge >= 0.3 is 0 Å². The van der Waals surface area contributed by atoms with Gasteiger partial charge in [0.25, 0.3) is 5.56 Å². The van der Waals surface area contributed by atoms with E-state index in [0.29, 0.717) is 16.0 Å². The van der Waals surface area contributed by atoms with Gasteiger partial charge in [-0.05, 0) is 28.9 Å². The van der Waals surface area contributed by atoms with Crippen LogP contribution in [0, 0.1) is 6.92 Å². The molecule has 0 aliphatic heterocycles. The Balaban J connectivity index is 2.24. The summed E-state index contributed by atoms with van der Waals surface area (Å²) in [4.78, 5) is 19.4.